The van der Waals surface area contributed by atoms with E-state index in [9.17, 15) is 9.59 Å². The molecule has 2 saturated carbocycles. The van der Waals surface area contributed by atoms with E-state index in [1.807, 2.05) is 101 Å². The fraction of sp³-hybridized carbons (Fsp3) is 0.392. The zero-order chi connectivity index (χ0) is 46.0. The normalized spacial score (nSPS) is 14.0. The molecule has 0 atom stereocenters. The molecule has 2 aliphatic rings. The van der Waals surface area contributed by atoms with E-state index in [-0.39, 0.29) is 22.8 Å². The van der Waals surface area contributed by atoms with Gasteiger partial charge in [0.1, 0.15) is 0 Å². The van der Waals surface area contributed by atoms with Crippen LogP contribution in [0.3, 0.4) is 0 Å². The quantitative estimate of drug-likeness (QED) is 0.0841. The number of benzene rings is 2. The molecule has 2 fully saturated rings. The summed E-state index contributed by atoms with van der Waals surface area (Å²) in [6, 6.07) is 19.6. The average molecular weight is 897 g/mol. The van der Waals surface area contributed by atoms with E-state index in [1.165, 1.54) is 25.7 Å². The lowest BCUT2D eigenvalue weighted by atomic mass is 9.98. The molecule has 0 bridgehead atoms. The number of carbonyl (C=O) groups excluding carboxylic acids is 2. The van der Waals surface area contributed by atoms with Gasteiger partial charge in [0.25, 0.3) is 0 Å². The SMILES string of the molecule is COC(C)(C)CNc1cc(-c2ccncc2)nn2c(-c3ccc(C(=O)CC4CC4)c(C)c3)cnc12.COC(C)(C)CNc1cc(Cl)nn2c(-c3ccc(C(=O)CC4CC4)c(C)c3)cnc12. The summed E-state index contributed by atoms with van der Waals surface area (Å²) < 4.78 is 14.7. The lowest BCUT2D eigenvalue weighted by molar-refractivity contribution is 0.0341. The van der Waals surface area contributed by atoms with Crippen LogP contribution in [0.15, 0.2) is 85.5 Å². The van der Waals surface area contributed by atoms with Gasteiger partial charge in [0.05, 0.1) is 52.1 Å². The lowest BCUT2D eigenvalue weighted by Gasteiger charge is -2.24. The molecule has 2 aromatic carbocycles. The van der Waals surface area contributed by atoms with Crippen LogP contribution in [-0.4, -0.2) is 84.3 Å². The molecule has 14 heteroatoms. The van der Waals surface area contributed by atoms with Gasteiger partial charge in [-0.25, -0.2) is 19.0 Å². The molecule has 5 aromatic heterocycles. The van der Waals surface area contributed by atoms with E-state index in [0.29, 0.717) is 48.6 Å². The standard InChI is InChI=1S/C28H31N5O2.C23H27ClN4O2/c1-18-13-21(7-8-22(18)26(34)14-19-5-6-19)25-16-30-27-24(31-17-28(2,3)35-4)15-23(32-33(25)27)20-9-11-29-12-10-20;1-14-9-16(7-8-17(14)20(29)10-15-5-6-15)19-12-25-22-18(11-21(24)27-28(19)22)26-13-23(2,3)30-4/h7-13,15-16,19,31H,5-6,14,17H2,1-4H3;7-9,11-12,15,26H,5-6,10,13H2,1-4H3. The minimum Gasteiger partial charge on any atom is -0.379 e. The van der Waals surface area contributed by atoms with Crippen molar-refractivity contribution < 1.29 is 19.1 Å². The summed E-state index contributed by atoms with van der Waals surface area (Å²) in [5, 5.41) is 16.6. The molecule has 9 rings (SSSR count). The number of imidazole rings is 2. The Balaban J connectivity index is 0.000000179. The highest BCUT2D eigenvalue weighted by Gasteiger charge is 2.27. The minimum absolute atomic E-state index is 0.230. The number of Topliss-reactive ketones (excluding diaryl/α,β-unsaturated/α-hetero) is 2. The molecule has 0 radical (unpaired) electrons. The fourth-order valence-corrected chi connectivity index (χ4v) is 7.83. The summed E-state index contributed by atoms with van der Waals surface area (Å²) in [6.07, 6.45) is 13.2. The number of nitrogens with zero attached hydrogens (tertiary/aromatic N) is 7. The summed E-state index contributed by atoms with van der Waals surface area (Å²) in [7, 11) is 3.40. The Bertz CT molecular complexity index is 2860. The maximum absolute atomic E-state index is 12.7. The number of aromatic nitrogens is 7. The molecule has 0 saturated heterocycles. The van der Waals surface area contributed by atoms with Crippen LogP contribution in [0.2, 0.25) is 5.15 Å². The first-order valence-corrected chi connectivity index (χ1v) is 22.7. The summed E-state index contributed by atoms with van der Waals surface area (Å²) in [5.41, 5.74) is 11.4. The molecule has 0 unspecified atom stereocenters. The van der Waals surface area contributed by atoms with Crippen molar-refractivity contribution in [1.29, 1.82) is 0 Å². The number of hydrogen-bond donors (Lipinski definition) is 2. The average Bonchev–Trinajstić information content (AvgIpc) is 4.21. The van der Waals surface area contributed by atoms with Crippen LogP contribution in [0.25, 0.3) is 45.1 Å². The molecular formula is C51H58ClN9O4. The molecule has 338 valence electrons. The van der Waals surface area contributed by atoms with Crippen LogP contribution in [0.5, 0.6) is 0 Å². The van der Waals surface area contributed by atoms with Crippen LogP contribution >= 0.6 is 11.6 Å². The van der Waals surface area contributed by atoms with Gasteiger partial charge >= 0.3 is 0 Å². The van der Waals surface area contributed by atoms with Crippen molar-refractivity contribution in [2.45, 2.75) is 91.3 Å². The van der Waals surface area contributed by atoms with Gasteiger partial charge in [-0.3, -0.25) is 14.6 Å². The van der Waals surface area contributed by atoms with E-state index in [0.717, 1.165) is 73.0 Å². The number of hydrogen-bond acceptors (Lipinski definition) is 11. The van der Waals surface area contributed by atoms with Crippen molar-refractivity contribution in [3.05, 3.63) is 113 Å². The Morgan fingerprint density at radius 1 is 0.662 bits per heavy atom. The van der Waals surface area contributed by atoms with Crippen LogP contribution in [0, 0.1) is 25.7 Å². The maximum Gasteiger partial charge on any atom is 0.177 e. The second kappa shape index (κ2) is 18.8. The molecule has 2 N–H and O–H groups in total. The smallest absolute Gasteiger partial charge is 0.177 e. The number of nitrogens with one attached hydrogen (secondary N) is 2. The predicted octanol–water partition coefficient (Wildman–Crippen LogP) is 10.8. The van der Waals surface area contributed by atoms with Crippen molar-refractivity contribution in [2.24, 2.45) is 11.8 Å². The van der Waals surface area contributed by atoms with Crippen molar-refractivity contribution in [3.8, 4) is 33.8 Å². The second-order valence-electron chi connectivity index (χ2n) is 18.7. The number of carbonyl (C=O) groups is 2. The van der Waals surface area contributed by atoms with Crippen LogP contribution in [0.1, 0.15) is 98.1 Å². The van der Waals surface area contributed by atoms with Crippen LogP contribution in [-0.2, 0) is 9.47 Å². The molecule has 0 aliphatic heterocycles. The van der Waals surface area contributed by atoms with Crippen LogP contribution in [0.4, 0.5) is 11.4 Å². The zero-order valence-electron chi connectivity index (χ0n) is 38.5. The number of ether oxygens (including phenoxy) is 2. The van der Waals surface area contributed by atoms with Gasteiger partial charge in [0.2, 0.25) is 0 Å². The number of rotatable bonds is 17. The fourth-order valence-electron chi connectivity index (χ4n) is 7.65. The molecular weight excluding hydrogens is 838 g/mol. The molecule has 13 nitrogen and oxygen atoms in total. The van der Waals surface area contributed by atoms with E-state index >= 15 is 0 Å². The molecule has 5 heterocycles. The number of ketones is 2. The summed E-state index contributed by atoms with van der Waals surface area (Å²) in [5.74, 6) is 1.62. The third-order valence-corrected chi connectivity index (χ3v) is 12.6. The third-order valence-electron chi connectivity index (χ3n) is 12.4. The van der Waals surface area contributed by atoms with Gasteiger partial charge in [-0.05, 0) is 121 Å². The number of methoxy groups -OCH3 is 2. The largest absolute Gasteiger partial charge is 0.379 e. The van der Waals surface area contributed by atoms with Gasteiger partial charge in [0, 0.05) is 86.4 Å². The van der Waals surface area contributed by atoms with Crippen molar-refractivity contribution >= 4 is 45.8 Å². The summed E-state index contributed by atoms with van der Waals surface area (Å²) in [4.78, 5) is 38.6. The van der Waals surface area contributed by atoms with E-state index in [4.69, 9.17) is 31.2 Å². The number of anilines is 2. The van der Waals surface area contributed by atoms with Crippen molar-refractivity contribution in [2.75, 3.05) is 37.9 Å². The Morgan fingerprint density at radius 3 is 1.57 bits per heavy atom. The molecule has 0 amide bonds. The highest BCUT2D eigenvalue weighted by atomic mass is 35.5. The van der Waals surface area contributed by atoms with Crippen molar-refractivity contribution in [3.63, 3.8) is 0 Å². The van der Waals surface area contributed by atoms with E-state index in [1.54, 1.807) is 43.4 Å². The van der Waals surface area contributed by atoms with Crippen molar-refractivity contribution in [1.82, 2.24) is 34.2 Å². The van der Waals surface area contributed by atoms with E-state index < -0.39 is 0 Å². The summed E-state index contributed by atoms with van der Waals surface area (Å²) in [6.45, 7) is 13.3. The van der Waals surface area contributed by atoms with Gasteiger partial charge < -0.3 is 20.1 Å². The second-order valence-corrected chi connectivity index (χ2v) is 19.0. The predicted molar refractivity (Wildman–Crippen MR) is 257 cm³/mol. The monoisotopic (exact) mass is 895 g/mol. The van der Waals surface area contributed by atoms with Crippen LogP contribution < -0.4 is 10.6 Å². The summed E-state index contributed by atoms with van der Waals surface area (Å²) >= 11 is 6.30. The first kappa shape index (κ1) is 45.5. The number of pyridine rings is 1. The highest BCUT2D eigenvalue weighted by Crippen LogP contribution is 2.36. The van der Waals surface area contributed by atoms with Gasteiger partial charge in [-0.2, -0.15) is 10.2 Å². The number of fused-ring (bicyclic) bond motifs is 2. The first-order chi connectivity index (χ1) is 31.1. The molecule has 2 aliphatic carbocycles. The molecule has 65 heavy (non-hydrogen) atoms. The van der Waals surface area contributed by atoms with Gasteiger partial charge in [-0.1, -0.05) is 35.9 Å². The number of halogens is 1. The highest BCUT2D eigenvalue weighted by molar-refractivity contribution is 6.29. The number of aryl methyl sites for hydroxylation is 2. The maximum atomic E-state index is 12.7. The molecule has 0 spiro atoms. The Labute approximate surface area is 385 Å². The third kappa shape index (κ3) is 10.8. The minimum atomic E-state index is -0.341. The van der Waals surface area contributed by atoms with E-state index in [2.05, 4.69) is 31.8 Å². The zero-order valence-corrected chi connectivity index (χ0v) is 39.3. The van der Waals surface area contributed by atoms with Gasteiger partial charge in [-0.15, -0.1) is 0 Å². The first-order valence-electron chi connectivity index (χ1n) is 22.3. The Hall–Kier alpha value is -6.02. The van der Waals surface area contributed by atoms with Gasteiger partial charge in [0.15, 0.2) is 28.0 Å². The Morgan fingerprint density at radius 2 is 1.12 bits per heavy atom. The topological polar surface area (TPSA) is 150 Å². The Kier molecular flexibility index (Phi) is 13.2. The lowest BCUT2D eigenvalue weighted by Crippen LogP contribution is -2.32. The molecule has 7 aromatic rings.